The Bertz CT molecular complexity index is 513. The zero-order valence-electron chi connectivity index (χ0n) is 10.3. The highest BCUT2D eigenvalue weighted by atomic mass is 16.5. The van der Waals surface area contributed by atoms with Crippen molar-refractivity contribution in [3.05, 3.63) is 36.2 Å². The molecule has 18 heavy (non-hydrogen) atoms. The fraction of sp³-hybridized carbons (Fsp3) is 0.357. The lowest BCUT2D eigenvalue weighted by molar-refractivity contribution is 0.366. The molecule has 0 bridgehead atoms. The number of rotatable bonds is 3. The standard InChI is InChI=1S/C14H16N2O2/c1-17-12-4-2-10(3-5-12)13-9-16-18-14(13)11-6-7-15-8-11/h2-5,9,11,15H,6-8H2,1H3. The molecule has 94 valence electrons. The number of nitrogens with zero attached hydrogens (tertiary/aromatic N) is 1. The molecule has 1 unspecified atom stereocenters. The SMILES string of the molecule is COc1ccc(-c2cnoc2C2CCNC2)cc1. The Balaban J connectivity index is 1.93. The molecule has 2 aromatic rings. The normalized spacial score (nSPS) is 19.1. The number of methoxy groups -OCH3 is 1. The summed E-state index contributed by atoms with van der Waals surface area (Å²) >= 11 is 0. The molecule has 1 aliphatic rings. The van der Waals surface area contributed by atoms with Gasteiger partial charge in [-0.15, -0.1) is 0 Å². The Kier molecular flexibility index (Phi) is 3.02. The molecule has 4 nitrogen and oxygen atoms in total. The van der Waals surface area contributed by atoms with E-state index in [0.717, 1.165) is 42.1 Å². The second kappa shape index (κ2) is 4.82. The maximum atomic E-state index is 5.44. The van der Waals surface area contributed by atoms with Crippen molar-refractivity contribution < 1.29 is 9.26 Å². The van der Waals surface area contributed by atoms with Crippen molar-refractivity contribution in [1.82, 2.24) is 10.5 Å². The average Bonchev–Trinajstić information content (AvgIpc) is 3.09. The Morgan fingerprint density at radius 3 is 2.83 bits per heavy atom. The maximum absolute atomic E-state index is 5.44. The summed E-state index contributed by atoms with van der Waals surface area (Å²) < 4.78 is 10.6. The molecule has 1 aromatic heterocycles. The van der Waals surface area contributed by atoms with Crippen molar-refractivity contribution in [2.45, 2.75) is 12.3 Å². The first-order valence-corrected chi connectivity index (χ1v) is 6.18. The molecular weight excluding hydrogens is 228 g/mol. The highest BCUT2D eigenvalue weighted by Crippen LogP contribution is 2.32. The van der Waals surface area contributed by atoms with Crippen LogP contribution in [-0.4, -0.2) is 25.4 Å². The van der Waals surface area contributed by atoms with Gasteiger partial charge in [-0.25, -0.2) is 0 Å². The number of aromatic nitrogens is 1. The van der Waals surface area contributed by atoms with Crippen LogP contribution in [0.4, 0.5) is 0 Å². The van der Waals surface area contributed by atoms with Crippen LogP contribution in [0.15, 0.2) is 35.0 Å². The average molecular weight is 244 g/mol. The quantitative estimate of drug-likeness (QED) is 0.900. The lowest BCUT2D eigenvalue weighted by Gasteiger charge is -2.07. The molecule has 1 fully saturated rings. The number of benzene rings is 1. The van der Waals surface area contributed by atoms with Gasteiger partial charge in [0.15, 0.2) is 0 Å². The summed E-state index contributed by atoms with van der Waals surface area (Å²) in [6.45, 7) is 2.02. The zero-order valence-corrected chi connectivity index (χ0v) is 10.3. The molecule has 1 aliphatic heterocycles. The monoisotopic (exact) mass is 244 g/mol. The summed E-state index contributed by atoms with van der Waals surface area (Å²) in [5.41, 5.74) is 2.21. The lowest BCUT2D eigenvalue weighted by Crippen LogP contribution is -2.07. The van der Waals surface area contributed by atoms with Crippen molar-refractivity contribution in [1.29, 1.82) is 0 Å². The molecule has 3 rings (SSSR count). The first-order chi connectivity index (χ1) is 8.88. The summed E-state index contributed by atoms with van der Waals surface area (Å²) in [5, 5.41) is 7.30. The molecule has 1 saturated heterocycles. The molecule has 0 amide bonds. The van der Waals surface area contributed by atoms with E-state index >= 15 is 0 Å². The minimum atomic E-state index is 0.435. The summed E-state index contributed by atoms with van der Waals surface area (Å²) in [7, 11) is 1.67. The van der Waals surface area contributed by atoms with E-state index in [1.807, 2.05) is 24.3 Å². The van der Waals surface area contributed by atoms with Gasteiger partial charge in [0, 0.05) is 18.0 Å². The van der Waals surface area contributed by atoms with E-state index in [1.54, 1.807) is 13.3 Å². The van der Waals surface area contributed by atoms with Crippen LogP contribution in [0.25, 0.3) is 11.1 Å². The Morgan fingerprint density at radius 2 is 2.17 bits per heavy atom. The minimum absolute atomic E-state index is 0.435. The molecule has 4 heteroatoms. The van der Waals surface area contributed by atoms with Crippen LogP contribution < -0.4 is 10.1 Å². The lowest BCUT2D eigenvalue weighted by atomic mass is 9.98. The summed E-state index contributed by atoms with van der Waals surface area (Å²) in [4.78, 5) is 0. The van der Waals surface area contributed by atoms with Crippen LogP contribution in [0.1, 0.15) is 18.1 Å². The first kappa shape index (κ1) is 11.3. The van der Waals surface area contributed by atoms with Crippen LogP contribution >= 0.6 is 0 Å². The van der Waals surface area contributed by atoms with Gasteiger partial charge in [0.05, 0.1) is 13.3 Å². The van der Waals surface area contributed by atoms with E-state index in [2.05, 4.69) is 10.5 Å². The third-order valence-corrected chi connectivity index (χ3v) is 3.43. The number of ether oxygens (including phenoxy) is 1. The molecule has 2 heterocycles. The van der Waals surface area contributed by atoms with E-state index in [4.69, 9.17) is 9.26 Å². The van der Waals surface area contributed by atoms with E-state index in [-0.39, 0.29) is 0 Å². The second-order valence-corrected chi connectivity index (χ2v) is 4.52. The van der Waals surface area contributed by atoms with Crippen LogP contribution in [0.3, 0.4) is 0 Å². The molecule has 1 aromatic carbocycles. The maximum Gasteiger partial charge on any atom is 0.148 e. The van der Waals surface area contributed by atoms with Gasteiger partial charge >= 0.3 is 0 Å². The Morgan fingerprint density at radius 1 is 1.33 bits per heavy atom. The van der Waals surface area contributed by atoms with Crippen molar-refractivity contribution >= 4 is 0 Å². The van der Waals surface area contributed by atoms with Crippen molar-refractivity contribution in [3.8, 4) is 16.9 Å². The Hall–Kier alpha value is -1.81. The van der Waals surface area contributed by atoms with Gasteiger partial charge in [-0.1, -0.05) is 17.3 Å². The van der Waals surface area contributed by atoms with Crippen LogP contribution in [0.2, 0.25) is 0 Å². The van der Waals surface area contributed by atoms with E-state index < -0.39 is 0 Å². The van der Waals surface area contributed by atoms with Gasteiger partial charge < -0.3 is 14.6 Å². The molecule has 0 radical (unpaired) electrons. The van der Waals surface area contributed by atoms with Crippen LogP contribution in [0.5, 0.6) is 5.75 Å². The molecule has 1 atom stereocenters. The summed E-state index contributed by atoms with van der Waals surface area (Å²) in [5.74, 6) is 2.29. The summed E-state index contributed by atoms with van der Waals surface area (Å²) in [6.07, 6.45) is 2.91. The fourth-order valence-corrected chi connectivity index (χ4v) is 2.41. The van der Waals surface area contributed by atoms with Gasteiger partial charge in [0.2, 0.25) is 0 Å². The van der Waals surface area contributed by atoms with Crippen molar-refractivity contribution in [2.75, 3.05) is 20.2 Å². The number of nitrogens with one attached hydrogen (secondary N) is 1. The van der Waals surface area contributed by atoms with Crippen molar-refractivity contribution in [3.63, 3.8) is 0 Å². The minimum Gasteiger partial charge on any atom is -0.497 e. The fourth-order valence-electron chi connectivity index (χ4n) is 2.41. The molecule has 0 spiro atoms. The summed E-state index contributed by atoms with van der Waals surface area (Å²) in [6, 6.07) is 7.99. The van der Waals surface area contributed by atoms with Gasteiger partial charge in [-0.2, -0.15) is 0 Å². The van der Waals surface area contributed by atoms with Crippen LogP contribution in [-0.2, 0) is 0 Å². The zero-order chi connectivity index (χ0) is 12.4. The second-order valence-electron chi connectivity index (χ2n) is 4.52. The predicted octanol–water partition coefficient (Wildman–Crippen LogP) is 2.43. The number of hydrogen-bond donors (Lipinski definition) is 1. The smallest absolute Gasteiger partial charge is 0.148 e. The van der Waals surface area contributed by atoms with Crippen LogP contribution in [0, 0.1) is 0 Å². The molecular formula is C14H16N2O2. The van der Waals surface area contributed by atoms with Gasteiger partial charge in [-0.05, 0) is 30.7 Å². The van der Waals surface area contributed by atoms with Gasteiger partial charge in [-0.3, -0.25) is 0 Å². The highest BCUT2D eigenvalue weighted by Gasteiger charge is 2.24. The third kappa shape index (κ3) is 1.99. The Labute approximate surface area is 106 Å². The third-order valence-electron chi connectivity index (χ3n) is 3.43. The first-order valence-electron chi connectivity index (χ1n) is 6.18. The van der Waals surface area contributed by atoms with E-state index in [0.29, 0.717) is 5.92 Å². The molecule has 1 N–H and O–H groups in total. The van der Waals surface area contributed by atoms with Gasteiger partial charge in [0.1, 0.15) is 11.5 Å². The van der Waals surface area contributed by atoms with Gasteiger partial charge in [0.25, 0.3) is 0 Å². The van der Waals surface area contributed by atoms with Crippen molar-refractivity contribution in [2.24, 2.45) is 0 Å². The molecule has 0 saturated carbocycles. The highest BCUT2D eigenvalue weighted by molar-refractivity contribution is 5.66. The molecule has 0 aliphatic carbocycles. The number of hydrogen-bond acceptors (Lipinski definition) is 4. The van der Waals surface area contributed by atoms with E-state index in [1.165, 1.54) is 0 Å². The predicted molar refractivity (Wildman–Crippen MR) is 68.7 cm³/mol. The largest absolute Gasteiger partial charge is 0.497 e. The van der Waals surface area contributed by atoms with E-state index in [9.17, 15) is 0 Å². The topological polar surface area (TPSA) is 47.3 Å².